The summed E-state index contributed by atoms with van der Waals surface area (Å²) in [5.41, 5.74) is 2.80. The fourth-order valence-corrected chi connectivity index (χ4v) is 5.72. The summed E-state index contributed by atoms with van der Waals surface area (Å²) in [6.45, 7) is 4.13. The van der Waals surface area contributed by atoms with Crippen LogP contribution in [0.1, 0.15) is 31.0 Å². The van der Waals surface area contributed by atoms with Crippen LogP contribution < -0.4 is 34.4 Å². The molecule has 0 saturated heterocycles. The maximum Gasteiger partial charge on any atom is 0.271 e. The predicted molar refractivity (Wildman–Crippen MR) is 156 cm³/mol. The van der Waals surface area contributed by atoms with Crippen LogP contribution in [0.4, 0.5) is 5.69 Å². The normalized spacial score (nSPS) is 14.8. The fourth-order valence-electron chi connectivity index (χ4n) is 4.68. The van der Waals surface area contributed by atoms with E-state index in [0.29, 0.717) is 55.7 Å². The number of ether oxygens (including phenoxy) is 3. The highest BCUT2D eigenvalue weighted by Crippen LogP contribution is 2.33. The van der Waals surface area contributed by atoms with Crippen LogP contribution in [0.3, 0.4) is 0 Å². The van der Waals surface area contributed by atoms with Gasteiger partial charge in [-0.25, -0.2) is 4.99 Å². The molecule has 0 saturated carbocycles. The van der Waals surface area contributed by atoms with Crippen molar-refractivity contribution in [3.05, 3.63) is 115 Å². The highest BCUT2D eigenvalue weighted by molar-refractivity contribution is 7.07. The standard InChI is InChI=1S/C31H29N3O5S/c1-5-39-28-21(10-9-13-24(28)38-4)18-25-30(36)34-27(20-14-16-23(37-3)17-15-20)26(19(2)32-31(34)40-25)29(35)33-22-11-7-6-8-12-22/h6-18,27H,5H2,1-4H3,(H,33,35)/b25-18+/t27-/m1/s1. The number of carbonyl (C=O) groups is 1. The Labute approximate surface area is 235 Å². The summed E-state index contributed by atoms with van der Waals surface area (Å²) in [7, 11) is 3.17. The summed E-state index contributed by atoms with van der Waals surface area (Å²) in [5, 5.41) is 2.96. The van der Waals surface area contributed by atoms with Crippen molar-refractivity contribution in [3.8, 4) is 17.2 Å². The number of rotatable bonds is 8. The Kier molecular flexibility index (Phi) is 7.84. The molecule has 0 radical (unpaired) electrons. The van der Waals surface area contributed by atoms with E-state index in [2.05, 4.69) is 5.32 Å². The van der Waals surface area contributed by atoms with Crippen LogP contribution in [0, 0.1) is 0 Å². The summed E-state index contributed by atoms with van der Waals surface area (Å²) in [5.74, 6) is 1.49. The van der Waals surface area contributed by atoms with E-state index in [9.17, 15) is 9.59 Å². The Bertz CT molecular complexity index is 1760. The lowest BCUT2D eigenvalue weighted by molar-refractivity contribution is -0.113. The third-order valence-corrected chi connectivity index (χ3v) is 7.52. The number of allylic oxidation sites excluding steroid dienone is 1. The minimum absolute atomic E-state index is 0.257. The van der Waals surface area contributed by atoms with Crippen molar-refractivity contribution in [1.82, 2.24) is 4.57 Å². The SMILES string of the molecule is CCOc1c(/C=c2/sc3n(c2=O)[C@H](c2ccc(OC)cc2)C(C(=O)Nc2ccccc2)=C(C)N=3)cccc1OC. The van der Waals surface area contributed by atoms with E-state index in [-0.39, 0.29) is 11.5 Å². The van der Waals surface area contributed by atoms with E-state index in [1.54, 1.807) is 31.8 Å². The maximum atomic E-state index is 14.0. The molecule has 4 aromatic rings. The van der Waals surface area contributed by atoms with Gasteiger partial charge in [-0.05, 0) is 55.8 Å². The molecular formula is C31H29N3O5S. The minimum Gasteiger partial charge on any atom is -0.497 e. The van der Waals surface area contributed by atoms with Crippen molar-refractivity contribution in [2.24, 2.45) is 4.99 Å². The fraction of sp³-hybridized carbons (Fsp3) is 0.194. The summed E-state index contributed by atoms with van der Waals surface area (Å²) in [6, 6.07) is 21.4. The molecule has 1 N–H and O–H groups in total. The van der Waals surface area contributed by atoms with Gasteiger partial charge in [0.25, 0.3) is 11.5 Å². The molecule has 1 aromatic heterocycles. The number of carbonyl (C=O) groups excluding carboxylic acids is 1. The highest BCUT2D eigenvalue weighted by atomic mass is 32.1. The first-order valence-electron chi connectivity index (χ1n) is 12.8. The van der Waals surface area contributed by atoms with Crippen LogP contribution >= 0.6 is 11.3 Å². The number of anilines is 1. The van der Waals surface area contributed by atoms with Gasteiger partial charge in [-0.15, -0.1) is 0 Å². The Morgan fingerprint density at radius 1 is 1.02 bits per heavy atom. The maximum absolute atomic E-state index is 14.0. The predicted octanol–water partition coefficient (Wildman–Crippen LogP) is 4.29. The number of para-hydroxylation sites is 2. The zero-order valence-electron chi connectivity index (χ0n) is 22.6. The molecule has 9 heteroatoms. The number of hydrogen-bond acceptors (Lipinski definition) is 7. The first-order valence-corrected chi connectivity index (χ1v) is 13.6. The van der Waals surface area contributed by atoms with Gasteiger partial charge in [0.15, 0.2) is 16.3 Å². The lowest BCUT2D eigenvalue weighted by atomic mass is 9.95. The summed E-state index contributed by atoms with van der Waals surface area (Å²) < 4.78 is 18.7. The molecule has 204 valence electrons. The molecule has 1 aliphatic rings. The van der Waals surface area contributed by atoms with Crippen molar-refractivity contribution >= 4 is 29.0 Å². The number of fused-ring (bicyclic) bond motifs is 1. The Morgan fingerprint density at radius 2 is 1.77 bits per heavy atom. The van der Waals surface area contributed by atoms with E-state index < -0.39 is 6.04 Å². The monoisotopic (exact) mass is 555 g/mol. The van der Waals surface area contributed by atoms with Crippen LogP contribution in [-0.2, 0) is 4.79 Å². The van der Waals surface area contributed by atoms with Crippen LogP contribution in [0.5, 0.6) is 17.2 Å². The first-order chi connectivity index (χ1) is 19.4. The van der Waals surface area contributed by atoms with Gasteiger partial charge in [0.1, 0.15) is 5.75 Å². The molecule has 5 rings (SSSR count). The Balaban J connectivity index is 1.68. The zero-order chi connectivity index (χ0) is 28.2. The lowest BCUT2D eigenvalue weighted by Crippen LogP contribution is -2.40. The highest BCUT2D eigenvalue weighted by Gasteiger charge is 2.32. The smallest absolute Gasteiger partial charge is 0.271 e. The van der Waals surface area contributed by atoms with Gasteiger partial charge in [0, 0.05) is 11.3 Å². The number of methoxy groups -OCH3 is 2. The second-order valence-electron chi connectivity index (χ2n) is 8.99. The Morgan fingerprint density at radius 3 is 2.45 bits per heavy atom. The van der Waals surface area contributed by atoms with Crippen LogP contribution in [0.15, 0.2) is 93.9 Å². The number of aromatic nitrogens is 1. The number of hydrogen-bond donors (Lipinski definition) is 1. The molecule has 40 heavy (non-hydrogen) atoms. The van der Waals surface area contributed by atoms with Gasteiger partial charge in [0.2, 0.25) is 0 Å². The van der Waals surface area contributed by atoms with Gasteiger partial charge in [-0.1, -0.05) is 53.8 Å². The average Bonchev–Trinajstić information content (AvgIpc) is 3.27. The lowest BCUT2D eigenvalue weighted by Gasteiger charge is -2.25. The van der Waals surface area contributed by atoms with E-state index in [1.165, 1.54) is 11.3 Å². The van der Waals surface area contributed by atoms with Crippen molar-refractivity contribution in [2.75, 3.05) is 26.1 Å². The largest absolute Gasteiger partial charge is 0.497 e. The van der Waals surface area contributed by atoms with Gasteiger partial charge in [-0.3, -0.25) is 14.2 Å². The van der Waals surface area contributed by atoms with Crippen LogP contribution in [0.2, 0.25) is 0 Å². The first kappa shape index (κ1) is 27.0. The van der Waals surface area contributed by atoms with Gasteiger partial charge < -0.3 is 19.5 Å². The average molecular weight is 556 g/mol. The summed E-state index contributed by atoms with van der Waals surface area (Å²) in [6.07, 6.45) is 1.78. The van der Waals surface area contributed by atoms with E-state index >= 15 is 0 Å². The number of nitrogens with zero attached hydrogens (tertiary/aromatic N) is 2. The van der Waals surface area contributed by atoms with E-state index in [4.69, 9.17) is 19.2 Å². The molecule has 0 spiro atoms. The number of amides is 1. The molecule has 1 atom stereocenters. The van der Waals surface area contributed by atoms with Gasteiger partial charge >= 0.3 is 0 Å². The Hall–Kier alpha value is -4.63. The van der Waals surface area contributed by atoms with Crippen molar-refractivity contribution in [3.63, 3.8) is 0 Å². The van der Waals surface area contributed by atoms with Crippen molar-refractivity contribution < 1.29 is 19.0 Å². The zero-order valence-corrected chi connectivity index (χ0v) is 23.5. The van der Waals surface area contributed by atoms with E-state index in [0.717, 1.165) is 5.56 Å². The number of nitrogens with one attached hydrogen (secondary N) is 1. The van der Waals surface area contributed by atoms with Crippen LogP contribution in [-0.4, -0.2) is 31.3 Å². The molecule has 0 unspecified atom stereocenters. The molecular weight excluding hydrogens is 526 g/mol. The molecule has 1 aliphatic heterocycles. The molecule has 1 amide bonds. The van der Waals surface area contributed by atoms with E-state index in [1.807, 2.05) is 79.7 Å². The molecule has 8 nitrogen and oxygen atoms in total. The second-order valence-corrected chi connectivity index (χ2v) is 10.00. The molecule has 3 aromatic carbocycles. The van der Waals surface area contributed by atoms with Gasteiger partial charge in [0.05, 0.1) is 42.7 Å². The third-order valence-electron chi connectivity index (χ3n) is 6.53. The second kappa shape index (κ2) is 11.6. The summed E-state index contributed by atoms with van der Waals surface area (Å²) >= 11 is 1.27. The number of thiazole rings is 1. The van der Waals surface area contributed by atoms with Crippen molar-refractivity contribution in [1.29, 1.82) is 0 Å². The van der Waals surface area contributed by atoms with Crippen LogP contribution in [0.25, 0.3) is 6.08 Å². The topological polar surface area (TPSA) is 91.2 Å². The molecule has 0 fully saturated rings. The quantitative estimate of drug-likeness (QED) is 0.350. The third kappa shape index (κ3) is 5.15. The van der Waals surface area contributed by atoms with Crippen molar-refractivity contribution in [2.45, 2.75) is 19.9 Å². The number of benzene rings is 3. The molecule has 2 heterocycles. The minimum atomic E-state index is -0.690. The summed E-state index contributed by atoms with van der Waals surface area (Å²) in [4.78, 5) is 32.9. The molecule has 0 aliphatic carbocycles. The van der Waals surface area contributed by atoms with Gasteiger partial charge in [-0.2, -0.15) is 0 Å². The molecule has 0 bridgehead atoms.